The maximum Gasteiger partial charge on any atom is 0.433 e. The van der Waals surface area contributed by atoms with E-state index in [1.54, 1.807) is 24.3 Å². The first-order chi connectivity index (χ1) is 13.8. The zero-order chi connectivity index (χ0) is 20.6. The lowest BCUT2D eigenvalue weighted by atomic mass is 10.1. The Balaban J connectivity index is 1.90. The molecular weight excluding hydrogens is 403 g/mol. The molecule has 29 heavy (non-hydrogen) atoms. The van der Waals surface area contributed by atoms with Crippen molar-refractivity contribution in [1.29, 1.82) is 0 Å². The molecule has 10 heteroatoms. The Hall–Kier alpha value is -3.40. The molecule has 6 nitrogen and oxygen atoms in total. The topological polar surface area (TPSA) is 93.8 Å². The lowest BCUT2D eigenvalue weighted by Crippen LogP contribution is -2.20. The number of carbonyl (C=O) groups excluding carboxylic acids is 1. The SMILES string of the molecule is NC(=O)/C(=C1\Nc2ccccc2S1)c1nc(-c2cccnc2)cc(C(F)(F)F)n1. The first kappa shape index (κ1) is 18.9. The summed E-state index contributed by atoms with van der Waals surface area (Å²) in [6.07, 6.45) is -1.87. The van der Waals surface area contributed by atoms with E-state index in [1.807, 2.05) is 12.1 Å². The van der Waals surface area contributed by atoms with Crippen molar-refractivity contribution < 1.29 is 18.0 Å². The van der Waals surface area contributed by atoms with E-state index in [4.69, 9.17) is 5.73 Å². The summed E-state index contributed by atoms with van der Waals surface area (Å²) in [5.41, 5.74) is 5.16. The fourth-order valence-electron chi connectivity index (χ4n) is 2.72. The van der Waals surface area contributed by atoms with E-state index in [0.29, 0.717) is 11.3 Å². The molecule has 0 unspecified atom stereocenters. The normalized spacial score (nSPS) is 14.9. The van der Waals surface area contributed by atoms with Crippen LogP contribution in [0.3, 0.4) is 0 Å². The van der Waals surface area contributed by atoms with Crippen LogP contribution in [0.25, 0.3) is 16.8 Å². The van der Waals surface area contributed by atoms with Crippen molar-refractivity contribution >= 4 is 28.9 Å². The number of fused-ring (bicyclic) bond motifs is 1. The van der Waals surface area contributed by atoms with Gasteiger partial charge in [0.05, 0.1) is 16.4 Å². The number of hydrogen-bond acceptors (Lipinski definition) is 6. The number of hydrogen-bond donors (Lipinski definition) is 2. The van der Waals surface area contributed by atoms with Crippen molar-refractivity contribution in [1.82, 2.24) is 15.0 Å². The molecule has 0 spiro atoms. The maximum atomic E-state index is 13.5. The molecule has 1 aliphatic rings. The number of nitrogens with two attached hydrogens (primary N) is 1. The minimum absolute atomic E-state index is 0.0183. The lowest BCUT2D eigenvalue weighted by Gasteiger charge is -2.12. The molecule has 0 aliphatic carbocycles. The van der Waals surface area contributed by atoms with E-state index < -0.39 is 23.6 Å². The third kappa shape index (κ3) is 3.79. The Morgan fingerprint density at radius 3 is 2.55 bits per heavy atom. The van der Waals surface area contributed by atoms with Gasteiger partial charge in [-0.3, -0.25) is 9.78 Å². The molecule has 3 N–H and O–H groups in total. The summed E-state index contributed by atoms with van der Waals surface area (Å²) in [6.45, 7) is 0. The number of primary amides is 1. The van der Waals surface area contributed by atoms with Crippen LogP contribution in [0.5, 0.6) is 0 Å². The van der Waals surface area contributed by atoms with Gasteiger partial charge in [-0.2, -0.15) is 13.2 Å². The second kappa shape index (κ2) is 7.21. The molecule has 4 rings (SSSR count). The second-order valence-corrected chi connectivity index (χ2v) is 7.05. The number of amides is 1. The van der Waals surface area contributed by atoms with Gasteiger partial charge < -0.3 is 11.1 Å². The summed E-state index contributed by atoms with van der Waals surface area (Å²) in [4.78, 5) is 24.7. The Kier molecular flexibility index (Phi) is 4.71. The van der Waals surface area contributed by atoms with Gasteiger partial charge in [0.25, 0.3) is 5.91 Å². The van der Waals surface area contributed by atoms with Gasteiger partial charge in [-0.1, -0.05) is 23.9 Å². The number of alkyl halides is 3. The quantitative estimate of drug-likeness (QED) is 0.630. The zero-order valence-corrected chi connectivity index (χ0v) is 15.4. The van der Waals surface area contributed by atoms with Crippen LogP contribution in [0.1, 0.15) is 11.5 Å². The molecule has 0 fully saturated rings. The Labute approximate surface area is 167 Å². The van der Waals surface area contributed by atoms with Gasteiger partial charge in [0.2, 0.25) is 0 Å². The van der Waals surface area contributed by atoms with Crippen LogP contribution in [-0.4, -0.2) is 20.9 Å². The van der Waals surface area contributed by atoms with Gasteiger partial charge in [0, 0.05) is 22.9 Å². The molecule has 0 radical (unpaired) electrons. The molecular formula is C19H12F3N5OS. The summed E-state index contributed by atoms with van der Waals surface area (Å²) >= 11 is 1.18. The highest BCUT2D eigenvalue weighted by Crippen LogP contribution is 2.43. The number of carbonyl (C=O) groups is 1. The van der Waals surface area contributed by atoms with E-state index in [-0.39, 0.29) is 16.3 Å². The molecule has 146 valence electrons. The minimum Gasteiger partial charge on any atom is -0.365 e. The Morgan fingerprint density at radius 1 is 1.10 bits per heavy atom. The fraction of sp³-hybridized carbons (Fsp3) is 0.0526. The molecule has 1 aromatic carbocycles. The van der Waals surface area contributed by atoms with Crippen molar-refractivity contribution in [3.8, 4) is 11.3 Å². The Bertz CT molecular complexity index is 1110. The summed E-state index contributed by atoms with van der Waals surface area (Å²) in [6, 6.07) is 11.1. The van der Waals surface area contributed by atoms with Gasteiger partial charge in [-0.15, -0.1) is 0 Å². The number of rotatable bonds is 3. The van der Waals surface area contributed by atoms with Crippen LogP contribution in [0.15, 0.2) is 64.8 Å². The molecule has 3 heterocycles. The first-order valence-corrected chi connectivity index (χ1v) is 9.09. The third-order valence-corrected chi connectivity index (χ3v) is 5.10. The Morgan fingerprint density at radius 2 is 1.90 bits per heavy atom. The van der Waals surface area contributed by atoms with Gasteiger partial charge in [0.1, 0.15) is 11.3 Å². The van der Waals surface area contributed by atoms with E-state index in [1.165, 1.54) is 24.2 Å². The van der Waals surface area contributed by atoms with Crippen LogP contribution in [0.2, 0.25) is 0 Å². The van der Waals surface area contributed by atoms with Crippen molar-refractivity contribution in [3.05, 3.63) is 71.4 Å². The highest BCUT2D eigenvalue weighted by Gasteiger charge is 2.35. The second-order valence-electron chi connectivity index (χ2n) is 5.99. The molecule has 0 saturated carbocycles. The van der Waals surface area contributed by atoms with E-state index in [9.17, 15) is 18.0 Å². The van der Waals surface area contributed by atoms with Gasteiger partial charge in [-0.05, 0) is 30.3 Å². The fourth-order valence-corrected chi connectivity index (χ4v) is 3.77. The van der Waals surface area contributed by atoms with Gasteiger partial charge >= 0.3 is 6.18 Å². The van der Waals surface area contributed by atoms with Crippen LogP contribution in [0.4, 0.5) is 18.9 Å². The molecule has 0 bridgehead atoms. The monoisotopic (exact) mass is 415 g/mol. The van der Waals surface area contributed by atoms with Crippen molar-refractivity contribution in [2.45, 2.75) is 11.1 Å². The number of nitrogens with one attached hydrogen (secondary N) is 1. The minimum atomic E-state index is -4.73. The molecule has 2 aromatic heterocycles. The van der Waals surface area contributed by atoms with E-state index >= 15 is 0 Å². The third-order valence-electron chi connectivity index (χ3n) is 4.02. The zero-order valence-electron chi connectivity index (χ0n) is 14.6. The standard InChI is InChI=1S/C19H12F3N5OS/c20-19(21,22)14-8-12(10-4-3-7-24-9-10)25-17(27-14)15(16(23)28)18-26-11-5-1-2-6-13(11)29-18/h1-9,26H,(H2,23,28)/b18-15-. The molecule has 0 atom stereocenters. The summed E-state index contributed by atoms with van der Waals surface area (Å²) in [5, 5.41) is 3.27. The summed E-state index contributed by atoms with van der Waals surface area (Å²) in [5.74, 6) is -1.35. The summed E-state index contributed by atoms with van der Waals surface area (Å²) in [7, 11) is 0. The largest absolute Gasteiger partial charge is 0.433 e. The molecule has 3 aromatic rings. The number of benzene rings is 1. The maximum absolute atomic E-state index is 13.5. The number of aromatic nitrogens is 3. The predicted octanol–water partition coefficient (Wildman–Crippen LogP) is 3.93. The number of pyridine rings is 1. The van der Waals surface area contributed by atoms with Crippen LogP contribution >= 0.6 is 11.8 Å². The van der Waals surface area contributed by atoms with Crippen LogP contribution in [0, 0.1) is 0 Å². The number of para-hydroxylation sites is 1. The van der Waals surface area contributed by atoms with Crippen molar-refractivity contribution in [2.24, 2.45) is 5.73 Å². The van der Waals surface area contributed by atoms with Crippen LogP contribution in [-0.2, 0) is 11.0 Å². The smallest absolute Gasteiger partial charge is 0.365 e. The first-order valence-electron chi connectivity index (χ1n) is 8.28. The highest BCUT2D eigenvalue weighted by atomic mass is 32.2. The molecule has 1 amide bonds. The lowest BCUT2D eigenvalue weighted by molar-refractivity contribution is -0.141. The van der Waals surface area contributed by atoms with Gasteiger partial charge in [-0.25, -0.2) is 9.97 Å². The molecule has 1 aliphatic heterocycles. The van der Waals surface area contributed by atoms with E-state index in [0.717, 1.165) is 11.0 Å². The number of anilines is 1. The molecule has 0 saturated heterocycles. The number of nitrogens with zero attached hydrogens (tertiary/aromatic N) is 3. The number of halogens is 3. The number of thioether (sulfide) groups is 1. The van der Waals surface area contributed by atoms with E-state index in [2.05, 4.69) is 20.3 Å². The van der Waals surface area contributed by atoms with Crippen molar-refractivity contribution in [2.75, 3.05) is 5.32 Å². The van der Waals surface area contributed by atoms with Crippen LogP contribution < -0.4 is 11.1 Å². The predicted molar refractivity (Wildman–Crippen MR) is 102 cm³/mol. The van der Waals surface area contributed by atoms with Crippen molar-refractivity contribution in [3.63, 3.8) is 0 Å². The average Bonchev–Trinajstić information content (AvgIpc) is 3.11. The average molecular weight is 415 g/mol. The summed E-state index contributed by atoms with van der Waals surface area (Å²) < 4.78 is 40.4. The van der Waals surface area contributed by atoms with Gasteiger partial charge in [0.15, 0.2) is 5.82 Å². The highest BCUT2D eigenvalue weighted by molar-refractivity contribution is 8.04.